The summed E-state index contributed by atoms with van der Waals surface area (Å²) in [5.41, 5.74) is 1.53. The Labute approximate surface area is 197 Å². The van der Waals surface area contributed by atoms with Crippen LogP contribution in [0, 0.1) is 5.92 Å². The van der Waals surface area contributed by atoms with Crippen molar-refractivity contribution in [3.63, 3.8) is 0 Å². The minimum atomic E-state index is -0.109. The van der Waals surface area contributed by atoms with Crippen LogP contribution in [0.2, 0.25) is 0 Å². The zero-order chi connectivity index (χ0) is 23.2. The molecule has 0 radical (unpaired) electrons. The highest BCUT2D eigenvalue weighted by Gasteiger charge is 2.23. The number of aromatic amines is 1. The summed E-state index contributed by atoms with van der Waals surface area (Å²) in [4.78, 5) is 21.1. The lowest BCUT2D eigenvalue weighted by atomic mass is 10.0. The molecule has 1 amide bonds. The fourth-order valence-electron chi connectivity index (χ4n) is 4.77. The third-order valence-electron chi connectivity index (χ3n) is 7.03. The first-order chi connectivity index (χ1) is 16.0. The van der Waals surface area contributed by atoms with Crippen molar-refractivity contribution in [2.75, 3.05) is 45.9 Å². The normalized spacial score (nSPS) is 19.4. The van der Waals surface area contributed by atoms with Gasteiger partial charge in [-0.1, -0.05) is 19.9 Å². The average Bonchev–Trinajstić information content (AvgIpc) is 3.25. The van der Waals surface area contributed by atoms with Crippen molar-refractivity contribution in [3.8, 4) is 5.75 Å². The van der Waals surface area contributed by atoms with E-state index >= 15 is 0 Å². The predicted octanol–water partition coefficient (Wildman–Crippen LogP) is 3.24. The van der Waals surface area contributed by atoms with Gasteiger partial charge in [-0.3, -0.25) is 4.79 Å². The van der Waals surface area contributed by atoms with Crippen LogP contribution in [0.5, 0.6) is 5.75 Å². The number of nitrogens with zero attached hydrogens (tertiary/aromatic N) is 2. The summed E-state index contributed by atoms with van der Waals surface area (Å²) >= 11 is 0. The molecule has 0 spiro atoms. The van der Waals surface area contributed by atoms with E-state index in [1.54, 1.807) is 0 Å². The molecule has 0 aliphatic carbocycles. The molecule has 3 N–H and O–H groups in total. The topological polar surface area (TPSA) is 80.8 Å². The Hall–Kier alpha value is -2.09. The van der Waals surface area contributed by atoms with Gasteiger partial charge < -0.3 is 29.9 Å². The number of carbonyl (C=O) groups excluding carboxylic acids is 1. The number of H-pyrrole nitrogens is 1. The number of nitrogens with one attached hydrogen (secondary N) is 2. The van der Waals surface area contributed by atoms with Gasteiger partial charge in [0.2, 0.25) is 0 Å². The number of piperidine rings is 2. The maximum absolute atomic E-state index is 12.9. The lowest BCUT2D eigenvalue weighted by Gasteiger charge is -2.35. The van der Waals surface area contributed by atoms with E-state index in [4.69, 9.17) is 4.74 Å². The van der Waals surface area contributed by atoms with E-state index in [1.165, 1.54) is 0 Å². The second-order valence-corrected chi connectivity index (χ2v) is 10.1. The Morgan fingerprint density at radius 3 is 2.45 bits per heavy atom. The van der Waals surface area contributed by atoms with Gasteiger partial charge in [-0.15, -0.1) is 0 Å². The molecule has 0 saturated carbocycles. The monoisotopic (exact) mass is 456 g/mol. The average molecular weight is 457 g/mol. The number of aliphatic hydroxyl groups excluding tert-OH is 1. The number of likely N-dealkylation sites (tertiary alicyclic amines) is 2. The lowest BCUT2D eigenvalue weighted by Crippen LogP contribution is -2.47. The molecule has 1 aromatic heterocycles. The molecule has 7 nitrogen and oxygen atoms in total. The van der Waals surface area contributed by atoms with Crippen LogP contribution in [0.15, 0.2) is 24.3 Å². The second kappa shape index (κ2) is 11.4. The first-order valence-electron chi connectivity index (χ1n) is 12.7. The second-order valence-electron chi connectivity index (χ2n) is 10.1. The lowest BCUT2D eigenvalue weighted by molar-refractivity contribution is 0.0729. The number of aliphatic hydroxyl groups is 1. The predicted molar refractivity (Wildman–Crippen MR) is 132 cm³/mol. The molecule has 3 heterocycles. The Balaban J connectivity index is 1.24. The van der Waals surface area contributed by atoms with Crippen LogP contribution < -0.4 is 10.1 Å². The molecule has 4 rings (SSSR count). The first-order valence-corrected chi connectivity index (χ1v) is 12.7. The Bertz CT molecular complexity index is 896. The van der Waals surface area contributed by atoms with E-state index in [2.05, 4.69) is 33.9 Å². The van der Waals surface area contributed by atoms with Gasteiger partial charge in [0.15, 0.2) is 0 Å². The quantitative estimate of drug-likeness (QED) is 0.540. The number of aromatic nitrogens is 1. The summed E-state index contributed by atoms with van der Waals surface area (Å²) < 4.78 is 5.98. The van der Waals surface area contributed by atoms with Gasteiger partial charge in [0, 0.05) is 56.2 Å². The molecule has 2 aliphatic heterocycles. The van der Waals surface area contributed by atoms with Crippen molar-refractivity contribution in [2.24, 2.45) is 5.92 Å². The van der Waals surface area contributed by atoms with Crippen molar-refractivity contribution >= 4 is 16.8 Å². The van der Waals surface area contributed by atoms with Crippen LogP contribution in [0.4, 0.5) is 0 Å². The van der Waals surface area contributed by atoms with Crippen molar-refractivity contribution in [2.45, 2.75) is 58.1 Å². The molecule has 0 unspecified atom stereocenters. The van der Waals surface area contributed by atoms with Crippen LogP contribution >= 0.6 is 0 Å². The maximum Gasteiger partial charge on any atom is 0.267 e. The molecule has 182 valence electrons. The molecule has 33 heavy (non-hydrogen) atoms. The Morgan fingerprint density at radius 1 is 1.12 bits per heavy atom. The van der Waals surface area contributed by atoms with Gasteiger partial charge in [0.25, 0.3) is 5.91 Å². The molecule has 2 aliphatic rings. The number of rotatable bonds is 9. The number of hydrogen-bond donors (Lipinski definition) is 3. The molecule has 0 bridgehead atoms. The molecular formula is C26H40N4O3. The van der Waals surface area contributed by atoms with Crippen molar-refractivity contribution in [1.82, 2.24) is 20.1 Å². The minimum absolute atomic E-state index is 0.0374. The van der Waals surface area contributed by atoms with E-state index in [0.29, 0.717) is 18.2 Å². The van der Waals surface area contributed by atoms with Gasteiger partial charge in [-0.2, -0.15) is 0 Å². The van der Waals surface area contributed by atoms with Crippen LogP contribution in [0.25, 0.3) is 10.9 Å². The summed E-state index contributed by atoms with van der Waals surface area (Å²) in [6, 6.07) is 8.06. The smallest absolute Gasteiger partial charge is 0.267 e. The van der Waals surface area contributed by atoms with E-state index in [-0.39, 0.29) is 18.1 Å². The van der Waals surface area contributed by atoms with Crippen molar-refractivity contribution < 1.29 is 14.6 Å². The number of fused-ring (bicyclic) bond motifs is 1. The summed E-state index contributed by atoms with van der Waals surface area (Å²) in [6.45, 7) is 11.2. The van der Waals surface area contributed by atoms with Gasteiger partial charge in [0.05, 0.1) is 12.7 Å². The first kappa shape index (κ1) is 24.0. The number of amides is 1. The van der Waals surface area contributed by atoms with Gasteiger partial charge >= 0.3 is 0 Å². The molecule has 2 saturated heterocycles. The maximum atomic E-state index is 12.9. The fraction of sp³-hybridized carbons (Fsp3) is 0.654. The highest BCUT2D eigenvalue weighted by atomic mass is 16.5. The summed E-state index contributed by atoms with van der Waals surface area (Å²) in [7, 11) is 0. The standard InChI is InChI=1S/C26H40N4O3/c1-19(2)10-17-33-25-5-3-4-23-22(25)18-24(28-23)26(32)27-20-6-11-29(12-7-20)15-16-30-13-8-21(31)9-14-30/h3-5,18-21,28,31H,6-17H2,1-2H3,(H,27,32). The van der Waals surface area contributed by atoms with Gasteiger partial charge in [0.1, 0.15) is 11.4 Å². The molecule has 7 heteroatoms. The van der Waals surface area contributed by atoms with Crippen molar-refractivity contribution in [3.05, 3.63) is 30.0 Å². The van der Waals surface area contributed by atoms with E-state index in [0.717, 1.165) is 88.0 Å². The van der Waals surface area contributed by atoms with E-state index in [9.17, 15) is 9.90 Å². The molecular weight excluding hydrogens is 416 g/mol. The minimum Gasteiger partial charge on any atom is -0.493 e. The molecule has 2 fully saturated rings. The Morgan fingerprint density at radius 2 is 1.79 bits per heavy atom. The molecule has 1 aromatic carbocycles. The number of ether oxygens (including phenoxy) is 1. The highest BCUT2D eigenvalue weighted by Crippen LogP contribution is 2.27. The van der Waals surface area contributed by atoms with Crippen LogP contribution in [-0.4, -0.2) is 83.8 Å². The van der Waals surface area contributed by atoms with Crippen LogP contribution in [-0.2, 0) is 0 Å². The molecule has 0 atom stereocenters. The Kier molecular flexibility index (Phi) is 8.28. The third-order valence-corrected chi connectivity index (χ3v) is 7.03. The molecule has 2 aromatic rings. The van der Waals surface area contributed by atoms with Crippen molar-refractivity contribution in [1.29, 1.82) is 0 Å². The SMILES string of the molecule is CC(C)CCOc1cccc2[nH]c(C(=O)NC3CCN(CCN4CCC(O)CC4)CC3)cc12. The van der Waals surface area contributed by atoms with E-state index < -0.39 is 0 Å². The number of benzene rings is 1. The zero-order valence-electron chi connectivity index (χ0n) is 20.2. The van der Waals surface area contributed by atoms with Crippen LogP contribution in [0.1, 0.15) is 56.4 Å². The van der Waals surface area contributed by atoms with E-state index in [1.807, 2.05) is 24.3 Å². The largest absolute Gasteiger partial charge is 0.493 e. The summed E-state index contributed by atoms with van der Waals surface area (Å²) in [5.74, 6) is 1.40. The summed E-state index contributed by atoms with van der Waals surface area (Å²) in [6.07, 6.45) is 4.65. The van der Waals surface area contributed by atoms with Crippen LogP contribution in [0.3, 0.4) is 0 Å². The summed E-state index contributed by atoms with van der Waals surface area (Å²) in [5, 5.41) is 13.8. The number of carbonyl (C=O) groups is 1. The third kappa shape index (κ3) is 6.71. The zero-order valence-corrected chi connectivity index (χ0v) is 20.2. The number of hydrogen-bond acceptors (Lipinski definition) is 5. The fourth-order valence-corrected chi connectivity index (χ4v) is 4.77. The van der Waals surface area contributed by atoms with Gasteiger partial charge in [-0.25, -0.2) is 0 Å². The van der Waals surface area contributed by atoms with Gasteiger partial charge in [-0.05, 0) is 56.2 Å². The highest BCUT2D eigenvalue weighted by molar-refractivity contribution is 5.99.